The number of aromatic hydroxyl groups is 1. The molecule has 0 aliphatic carbocycles. The van der Waals surface area contributed by atoms with Crippen molar-refractivity contribution in [3.63, 3.8) is 0 Å². The van der Waals surface area contributed by atoms with Crippen LogP contribution in [-0.4, -0.2) is 15.5 Å². The summed E-state index contributed by atoms with van der Waals surface area (Å²) in [5, 5.41) is 20.1. The van der Waals surface area contributed by atoms with Crippen molar-refractivity contribution in [1.82, 2.24) is 4.57 Å². The molecule has 0 spiro atoms. The average Bonchev–Trinajstić information content (AvgIpc) is 2.67. The van der Waals surface area contributed by atoms with Gasteiger partial charge in [0.1, 0.15) is 17.4 Å². The standard InChI is InChI=1S/C21H15FN2O3/c1-13-17(11-23)20(26)24(12-14-5-3-2-4-6-14)21(27)18(13)19(25)15-7-9-16(22)10-8-15/h2-10,27H,12H2,1H3. The number of aromatic nitrogens is 1. The van der Waals surface area contributed by atoms with E-state index in [4.69, 9.17) is 0 Å². The van der Waals surface area contributed by atoms with Gasteiger partial charge in [0.05, 0.1) is 12.1 Å². The van der Waals surface area contributed by atoms with E-state index in [1.165, 1.54) is 19.1 Å². The van der Waals surface area contributed by atoms with E-state index in [0.717, 1.165) is 22.3 Å². The van der Waals surface area contributed by atoms with Gasteiger partial charge in [0.25, 0.3) is 5.56 Å². The Hall–Kier alpha value is -3.72. The first-order valence-corrected chi connectivity index (χ1v) is 8.14. The van der Waals surface area contributed by atoms with Gasteiger partial charge in [-0.2, -0.15) is 5.26 Å². The number of carbonyl (C=O) groups excluding carboxylic acids is 1. The molecule has 1 aromatic heterocycles. The van der Waals surface area contributed by atoms with Gasteiger partial charge in [-0.3, -0.25) is 14.2 Å². The molecular formula is C21H15FN2O3. The lowest BCUT2D eigenvalue weighted by atomic mass is 9.97. The summed E-state index contributed by atoms with van der Waals surface area (Å²) in [4.78, 5) is 25.5. The molecule has 6 heteroatoms. The van der Waals surface area contributed by atoms with E-state index in [1.54, 1.807) is 24.3 Å². The largest absolute Gasteiger partial charge is 0.494 e. The summed E-state index contributed by atoms with van der Waals surface area (Å²) in [6.07, 6.45) is 0. The minimum Gasteiger partial charge on any atom is -0.494 e. The van der Waals surface area contributed by atoms with Crippen molar-refractivity contribution in [1.29, 1.82) is 5.26 Å². The number of nitriles is 1. The molecule has 0 unspecified atom stereocenters. The first kappa shape index (κ1) is 18.1. The Bertz CT molecular complexity index is 1110. The highest BCUT2D eigenvalue weighted by molar-refractivity contribution is 6.11. The Morgan fingerprint density at radius 2 is 1.78 bits per heavy atom. The number of halogens is 1. The van der Waals surface area contributed by atoms with Gasteiger partial charge in [0, 0.05) is 5.56 Å². The highest BCUT2D eigenvalue weighted by Gasteiger charge is 2.25. The topological polar surface area (TPSA) is 83.1 Å². The summed E-state index contributed by atoms with van der Waals surface area (Å²) in [6, 6.07) is 15.5. The quantitative estimate of drug-likeness (QED) is 0.723. The van der Waals surface area contributed by atoms with Crippen LogP contribution in [0.5, 0.6) is 5.88 Å². The van der Waals surface area contributed by atoms with Crippen LogP contribution in [0.25, 0.3) is 0 Å². The molecule has 0 bridgehead atoms. The van der Waals surface area contributed by atoms with E-state index in [-0.39, 0.29) is 28.8 Å². The third kappa shape index (κ3) is 3.35. The van der Waals surface area contributed by atoms with Crippen LogP contribution in [0.3, 0.4) is 0 Å². The number of ketones is 1. The summed E-state index contributed by atoms with van der Waals surface area (Å²) in [5.74, 6) is -1.61. The van der Waals surface area contributed by atoms with E-state index in [0.29, 0.717) is 0 Å². The highest BCUT2D eigenvalue weighted by Crippen LogP contribution is 2.25. The highest BCUT2D eigenvalue weighted by atomic mass is 19.1. The smallest absolute Gasteiger partial charge is 0.271 e. The van der Waals surface area contributed by atoms with E-state index in [9.17, 15) is 24.3 Å². The average molecular weight is 362 g/mol. The van der Waals surface area contributed by atoms with Crippen LogP contribution in [0, 0.1) is 24.1 Å². The first-order chi connectivity index (χ1) is 12.9. The molecule has 0 aliphatic rings. The number of hydrogen-bond donors (Lipinski definition) is 1. The van der Waals surface area contributed by atoms with Crippen molar-refractivity contribution in [2.75, 3.05) is 0 Å². The number of nitrogens with zero attached hydrogens (tertiary/aromatic N) is 2. The minimum absolute atomic E-state index is 0.00413. The number of pyridine rings is 1. The molecule has 0 saturated carbocycles. The Morgan fingerprint density at radius 1 is 1.15 bits per heavy atom. The Labute approximate surface area is 154 Å². The van der Waals surface area contributed by atoms with Crippen molar-refractivity contribution in [3.05, 3.63) is 98.6 Å². The molecule has 0 fully saturated rings. The van der Waals surface area contributed by atoms with E-state index >= 15 is 0 Å². The zero-order valence-electron chi connectivity index (χ0n) is 14.4. The molecule has 0 atom stereocenters. The van der Waals surface area contributed by atoms with Gasteiger partial charge in [-0.1, -0.05) is 30.3 Å². The molecule has 3 aromatic rings. The Kier molecular flexibility index (Phi) is 4.86. The molecule has 0 radical (unpaired) electrons. The molecular weight excluding hydrogens is 347 g/mol. The maximum atomic E-state index is 13.1. The van der Waals surface area contributed by atoms with Crippen molar-refractivity contribution in [2.24, 2.45) is 0 Å². The maximum Gasteiger partial charge on any atom is 0.271 e. The van der Waals surface area contributed by atoms with Gasteiger partial charge in [0.15, 0.2) is 5.78 Å². The lowest BCUT2D eigenvalue weighted by Crippen LogP contribution is -2.27. The SMILES string of the molecule is Cc1c(C(=O)c2ccc(F)cc2)c(O)n(Cc2ccccc2)c(=O)c1C#N. The van der Waals surface area contributed by atoms with Crippen molar-refractivity contribution < 1.29 is 14.3 Å². The van der Waals surface area contributed by atoms with Crippen LogP contribution in [0.1, 0.15) is 32.6 Å². The van der Waals surface area contributed by atoms with Crippen molar-refractivity contribution in [3.8, 4) is 11.9 Å². The summed E-state index contributed by atoms with van der Waals surface area (Å²) in [6.45, 7) is 1.44. The zero-order valence-corrected chi connectivity index (χ0v) is 14.4. The maximum absolute atomic E-state index is 13.1. The molecule has 0 aliphatic heterocycles. The summed E-state index contributed by atoms with van der Waals surface area (Å²) >= 11 is 0. The second-order valence-corrected chi connectivity index (χ2v) is 6.02. The van der Waals surface area contributed by atoms with Crippen LogP contribution in [0.2, 0.25) is 0 Å². The minimum atomic E-state index is -0.674. The van der Waals surface area contributed by atoms with Crippen LogP contribution < -0.4 is 5.56 Å². The van der Waals surface area contributed by atoms with E-state index < -0.39 is 23.0 Å². The molecule has 1 heterocycles. The summed E-state index contributed by atoms with van der Waals surface area (Å²) in [5.41, 5.74) is -0.0695. The van der Waals surface area contributed by atoms with Gasteiger partial charge in [-0.15, -0.1) is 0 Å². The van der Waals surface area contributed by atoms with Crippen molar-refractivity contribution >= 4 is 5.78 Å². The molecule has 27 heavy (non-hydrogen) atoms. The van der Waals surface area contributed by atoms with Gasteiger partial charge >= 0.3 is 0 Å². The van der Waals surface area contributed by atoms with Crippen LogP contribution >= 0.6 is 0 Å². The lowest BCUT2D eigenvalue weighted by Gasteiger charge is -2.15. The fourth-order valence-corrected chi connectivity index (χ4v) is 2.88. The number of benzene rings is 2. The number of hydrogen-bond acceptors (Lipinski definition) is 4. The van der Waals surface area contributed by atoms with Gasteiger partial charge in [-0.25, -0.2) is 4.39 Å². The van der Waals surface area contributed by atoms with Crippen LogP contribution in [0.15, 0.2) is 59.4 Å². The normalized spacial score (nSPS) is 10.4. The Morgan fingerprint density at radius 3 is 2.37 bits per heavy atom. The van der Waals surface area contributed by atoms with Crippen LogP contribution in [-0.2, 0) is 6.54 Å². The van der Waals surface area contributed by atoms with Gasteiger partial charge in [0.2, 0.25) is 5.88 Å². The molecule has 1 N–H and O–H groups in total. The summed E-state index contributed by atoms with van der Waals surface area (Å²) < 4.78 is 14.1. The second kappa shape index (κ2) is 7.26. The van der Waals surface area contributed by atoms with Gasteiger partial charge in [-0.05, 0) is 42.3 Å². The molecule has 134 valence electrons. The fourth-order valence-electron chi connectivity index (χ4n) is 2.88. The van der Waals surface area contributed by atoms with Gasteiger partial charge < -0.3 is 5.11 Å². The first-order valence-electron chi connectivity index (χ1n) is 8.14. The second-order valence-electron chi connectivity index (χ2n) is 6.02. The molecule has 3 rings (SSSR count). The van der Waals surface area contributed by atoms with Crippen LogP contribution in [0.4, 0.5) is 4.39 Å². The van der Waals surface area contributed by atoms with E-state index in [2.05, 4.69) is 0 Å². The Balaban J connectivity index is 2.21. The number of rotatable bonds is 4. The number of carbonyl (C=O) groups is 1. The molecule has 0 saturated heterocycles. The van der Waals surface area contributed by atoms with E-state index in [1.807, 2.05) is 12.1 Å². The fraction of sp³-hybridized carbons (Fsp3) is 0.0952. The third-order valence-electron chi connectivity index (χ3n) is 4.32. The predicted octanol–water partition coefficient (Wildman–Crippen LogP) is 3.15. The third-order valence-corrected chi connectivity index (χ3v) is 4.32. The monoisotopic (exact) mass is 362 g/mol. The predicted molar refractivity (Wildman–Crippen MR) is 97.2 cm³/mol. The molecule has 0 amide bonds. The summed E-state index contributed by atoms with van der Waals surface area (Å²) in [7, 11) is 0. The molecule has 5 nitrogen and oxygen atoms in total. The lowest BCUT2D eigenvalue weighted by molar-refractivity contribution is 0.103. The zero-order chi connectivity index (χ0) is 19.6. The molecule has 2 aromatic carbocycles. The van der Waals surface area contributed by atoms with Crippen molar-refractivity contribution in [2.45, 2.75) is 13.5 Å².